The molecule has 0 spiro atoms. The zero-order chi connectivity index (χ0) is 35.2. The van der Waals surface area contributed by atoms with Gasteiger partial charge in [-0.1, -0.05) is 97.1 Å². The van der Waals surface area contributed by atoms with E-state index in [0.29, 0.717) is 6.54 Å². The largest absolute Gasteiger partial charge is 0.359 e. The molecular formula is C47H36N4O2. The summed E-state index contributed by atoms with van der Waals surface area (Å²) in [5, 5.41) is 6.97. The van der Waals surface area contributed by atoms with E-state index in [4.69, 9.17) is 0 Å². The summed E-state index contributed by atoms with van der Waals surface area (Å²) < 4.78 is 2.50. The number of piperazine rings is 1. The smallest absolute Gasteiger partial charge is 0.213 e. The van der Waals surface area contributed by atoms with E-state index in [0.717, 1.165) is 82.5 Å². The average Bonchev–Trinajstić information content (AvgIpc) is 3.88. The number of rotatable bonds is 2. The van der Waals surface area contributed by atoms with E-state index in [2.05, 4.69) is 117 Å². The van der Waals surface area contributed by atoms with E-state index in [-0.39, 0.29) is 17.6 Å². The molecular weight excluding hydrogens is 653 g/mol. The molecule has 1 aliphatic carbocycles. The number of aromatic nitrogens is 1. The second-order valence-corrected chi connectivity index (χ2v) is 15.4. The number of hydrogen-bond acceptors (Lipinski definition) is 5. The summed E-state index contributed by atoms with van der Waals surface area (Å²) in [5.74, 6) is 0.249. The number of nitrogens with zero attached hydrogens (tertiary/aromatic N) is 4. The number of fused-ring (bicyclic) bond motifs is 14. The van der Waals surface area contributed by atoms with Crippen molar-refractivity contribution in [3.8, 4) is 0 Å². The van der Waals surface area contributed by atoms with E-state index >= 15 is 4.79 Å². The van der Waals surface area contributed by atoms with Gasteiger partial charge in [-0.3, -0.25) is 9.59 Å². The fourth-order valence-corrected chi connectivity index (χ4v) is 10.9. The molecule has 1 aromatic heterocycles. The minimum Gasteiger partial charge on any atom is -0.359 e. The van der Waals surface area contributed by atoms with Crippen molar-refractivity contribution < 1.29 is 9.59 Å². The molecule has 6 heterocycles. The van der Waals surface area contributed by atoms with Gasteiger partial charge in [0, 0.05) is 59.3 Å². The van der Waals surface area contributed by atoms with E-state index < -0.39 is 5.54 Å². The number of benzene rings is 5. The highest BCUT2D eigenvalue weighted by molar-refractivity contribution is 6.34. The highest BCUT2D eigenvalue weighted by Gasteiger charge is 2.61. The lowest BCUT2D eigenvalue weighted by Gasteiger charge is -2.51. The first-order valence-corrected chi connectivity index (χ1v) is 18.9. The third-order valence-corrected chi connectivity index (χ3v) is 13.0. The SMILES string of the molecule is CC12C(=O)c3ccccc3N1CCN1C(c3cccc4ccccc34)=c3c(c(C4=c5ccccc5=CCC4)n4c3=C3C(=O)c5ccccc5N3CC4)C12. The van der Waals surface area contributed by atoms with Gasteiger partial charge in [-0.25, -0.2) is 0 Å². The van der Waals surface area contributed by atoms with E-state index in [1.807, 2.05) is 30.3 Å². The second kappa shape index (κ2) is 10.3. The van der Waals surface area contributed by atoms with Crippen LogP contribution in [-0.4, -0.2) is 46.2 Å². The monoisotopic (exact) mass is 688 g/mol. The maximum Gasteiger partial charge on any atom is 0.213 e. The first kappa shape index (κ1) is 29.4. The third kappa shape index (κ3) is 3.54. The highest BCUT2D eigenvalue weighted by atomic mass is 16.1. The van der Waals surface area contributed by atoms with E-state index in [1.54, 1.807) is 0 Å². The van der Waals surface area contributed by atoms with Gasteiger partial charge >= 0.3 is 0 Å². The molecule has 5 aliphatic heterocycles. The summed E-state index contributed by atoms with van der Waals surface area (Å²) >= 11 is 0. The summed E-state index contributed by atoms with van der Waals surface area (Å²) in [6.07, 6.45) is 4.19. The Kier molecular flexibility index (Phi) is 5.70. The minimum atomic E-state index is -0.858. The second-order valence-electron chi connectivity index (χ2n) is 15.4. The molecule has 53 heavy (non-hydrogen) atoms. The van der Waals surface area contributed by atoms with Crippen LogP contribution in [0.4, 0.5) is 11.4 Å². The molecule has 6 aliphatic rings. The normalized spacial score (nSPS) is 21.9. The molecule has 2 unspecified atom stereocenters. The molecule has 0 radical (unpaired) electrons. The molecule has 0 bridgehead atoms. The summed E-state index contributed by atoms with van der Waals surface area (Å²) in [4.78, 5) is 37.1. The van der Waals surface area contributed by atoms with Crippen LogP contribution in [0, 0.1) is 0 Å². The maximum absolute atomic E-state index is 15.1. The van der Waals surface area contributed by atoms with Crippen LogP contribution in [0.25, 0.3) is 33.8 Å². The number of carbonyl (C=O) groups is 2. The van der Waals surface area contributed by atoms with Gasteiger partial charge in [-0.15, -0.1) is 0 Å². The third-order valence-electron chi connectivity index (χ3n) is 13.0. The Morgan fingerprint density at radius 2 is 1.42 bits per heavy atom. The van der Waals surface area contributed by atoms with Crippen LogP contribution in [0.1, 0.15) is 63.3 Å². The van der Waals surface area contributed by atoms with Crippen LogP contribution < -0.4 is 30.8 Å². The fourth-order valence-electron chi connectivity index (χ4n) is 10.9. The molecule has 0 saturated carbocycles. The molecule has 5 aromatic carbocycles. The van der Waals surface area contributed by atoms with Crippen LogP contribution in [0.3, 0.4) is 0 Å². The summed E-state index contributed by atoms with van der Waals surface area (Å²) in [5.41, 5.74) is 9.47. The first-order valence-electron chi connectivity index (χ1n) is 18.9. The number of para-hydroxylation sites is 2. The quantitative estimate of drug-likeness (QED) is 0.250. The number of carbonyl (C=O) groups excluding carboxylic acids is 2. The van der Waals surface area contributed by atoms with Gasteiger partial charge < -0.3 is 19.3 Å². The number of anilines is 2. The fraction of sp³-hybridized carbons (Fsp3) is 0.191. The van der Waals surface area contributed by atoms with Gasteiger partial charge in [0.25, 0.3) is 0 Å². The Bertz CT molecular complexity index is 2950. The van der Waals surface area contributed by atoms with Crippen molar-refractivity contribution in [2.24, 2.45) is 0 Å². The summed E-state index contributed by atoms with van der Waals surface area (Å²) in [6, 6.07) is 40.0. The predicted octanol–water partition coefficient (Wildman–Crippen LogP) is 5.23. The lowest BCUT2D eigenvalue weighted by molar-refractivity contribution is 0.0775. The van der Waals surface area contributed by atoms with Gasteiger partial charge in [0.1, 0.15) is 11.2 Å². The van der Waals surface area contributed by atoms with Gasteiger partial charge in [-0.05, 0) is 70.8 Å². The van der Waals surface area contributed by atoms with Crippen molar-refractivity contribution in [1.82, 2.24) is 9.47 Å². The van der Waals surface area contributed by atoms with Crippen LogP contribution in [0.15, 0.2) is 115 Å². The molecule has 12 rings (SSSR count). The molecule has 2 atom stereocenters. The number of hydrogen-bond donors (Lipinski definition) is 0. The maximum atomic E-state index is 15.1. The predicted molar refractivity (Wildman–Crippen MR) is 210 cm³/mol. The van der Waals surface area contributed by atoms with Crippen LogP contribution in [0.2, 0.25) is 0 Å². The Morgan fingerprint density at radius 3 is 2.32 bits per heavy atom. The highest BCUT2D eigenvalue weighted by Crippen LogP contribution is 2.54. The van der Waals surface area contributed by atoms with E-state index in [1.165, 1.54) is 38.0 Å². The van der Waals surface area contributed by atoms with Gasteiger partial charge in [-0.2, -0.15) is 0 Å². The minimum absolute atomic E-state index is 0.0788. The molecule has 6 heteroatoms. The standard InChI is InChI=1S/C47H36N4O2/c1-47-45-39-38(40(32-20-10-14-28-12-2-4-16-30(28)32)50(45)26-27-51(47)37-23-9-7-19-35(37)46(47)53)42-43-44(52)34-18-6-8-22-36(34)48(43)24-25-49(42)41(39)33-21-11-15-29-13-3-5-17-31(29)33/h2-10,12-20,22-23,45H,11,21,24-27H2,1H3. The molecule has 0 N–H and O–H groups in total. The Morgan fingerprint density at radius 1 is 0.679 bits per heavy atom. The van der Waals surface area contributed by atoms with Crippen molar-refractivity contribution in [1.29, 1.82) is 0 Å². The summed E-state index contributed by atoms with van der Waals surface area (Å²) in [7, 11) is 0. The molecule has 256 valence electrons. The zero-order valence-corrected chi connectivity index (χ0v) is 29.5. The van der Waals surface area contributed by atoms with E-state index in [9.17, 15) is 4.79 Å². The molecule has 6 aromatic rings. The molecule has 1 fully saturated rings. The Balaban J connectivity index is 1.30. The lowest BCUT2D eigenvalue weighted by atomic mass is 9.79. The molecule has 0 amide bonds. The lowest BCUT2D eigenvalue weighted by Crippen LogP contribution is -2.62. The van der Waals surface area contributed by atoms with Crippen molar-refractivity contribution in [3.05, 3.63) is 164 Å². The van der Waals surface area contributed by atoms with Gasteiger partial charge in [0.15, 0.2) is 5.78 Å². The van der Waals surface area contributed by atoms with Crippen LogP contribution in [-0.2, 0) is 6.54 Å². The van der Waals surface area contributed by atoms with Gasteiger partial charge in [0.05, 0.1) is 28.5 Å². The zero-order valence-electron chi connectivity index (χ0n) is 29.5. The molecule has 6 nitrogen and oxygen atoms in total. The summed E-state index contributed by atoms with van der Waals surface area (Å²) in [6.45, 7) is 5.10. The van der Waals surface area contributed by atoms with Gasteiger partial charge in [0.2, 0.25) is 5.78 Å². The van der Waals surface area contributed by atoms with Crippen molar-refractivity contribution in [2.45, 2.75) is 37.9 Å². The number of Topliss-reactive ketones (excluding diaryl/α,β-unsaturated/α-hetero) is 2. The Hall–Kier alpha value is -6.14. The van der Waals surface area contributed by atoms with Crippen molar-refractivity contribution in [3.63, 3.8) is 0 Å². The Labute approximate surface area is 306 Å². The molecule has 1 saturated heterocycles. The van der Waals surface area contributed by atoms with Crippen LogP contribution >= 0.6 is 0 Å². The topological polar surface area (TPSA) is 48.8 Å². The number of ketones is 2. The first-order chi connectivity index (χ1) is 26.1. The van der Waals surface area contributed by atoms with Crippen LogP contribution in [0.5, 0.6) is 0 Å². The van der Waals surface area contributed by atoms with Crippen molar-refractivity contribution in [2.75, 3.05) is 29.4 Å². The average molecular weight is 689 g/mol. The van der Waals surface area contributed by atoms with Crippen molar-refractivity contribution >= 4 is 56.8 Å².